The van der Waals surface area contributed by atoms with E-state index < -0.39 is 32.5 Å². The summed E-state index contributed by atoms with van der Waals surface area (Å²) < 4.78 is 26.3. The van der Waals surface area contributed by atoms with Crippen LogP contribution in [0.1, 0.15) is 194 Å². The molecule has 292 valence electrons. The highest BCUT2D eigenvalue weighted by Crippen LogP contribution is 2.36. The minimum atomic E-state index is -4.76. The molecule has 0 bridgehead atoms. The lowest BCUT2D eigenvalue weighted by Gasteiger charge is -2.18. The van der Waals surface area contributed by atoms with Crippen molar-refractivity contribution in [2.75, 3.05) is 13.2 Å². The monoisotopic (exact) mass is 727 g/mol. The molecule has 0 radical (unpaired) electrons. The zero-order chi connectivity index (χ0) is 36.8. The molecule has 2 N–H and O–H groups in total. The molecule has 8 nitrogen and oxygen atoms in total. The standard InChI is InChI=1S/C41H75O8P/c1-3-5-7-9-11-13-15-17-19-20-22-24-26-28-30-32-34-36-41(43)49-39(38-48-50(44,45)46)37-47-40(42)35-33-31-29-27-25-23-21-18-16-14-12-10-8-6-4-2/h22-25,28,30,39H,3-21,26-27,29,31-38H2,1-2H3,(H2,44,45,46)/b24-22+,25-23+,30-28+/t39-/m1/s1. The number of ether oxygens (including phenoxy) is 2. The molecule has 0 aromatic rings. The third kappa shape index (κ3) is 39.1. The quantitative estimate of drug-likeness (QED) is 0.0281. The first-order chi connectivity index (χ1) is 24.3. The molecule has 50 heavy (non-hydrogen) atoms. The summed E-state index contributed by atoms with van der Waals surface area (Å²) in [6.07, 6.45) is 43.0. The van der Waals surface area contributed by atoms with E-state index in [2.05, 4.69) is 48.8 Å². The molecule has 0 aromatic heterocycles. The molecule has 0 aliphatic carbocycles. The summed E-state index contributed by atoms with van der Waals surface area (Å²) in [5.41, 5.74) is 0. The number of hydrogen-bond donors (Lipinski definition) is 2. The van der Waals surface area contributed by atoms with E-state index in [1.807, 2.05) is 6.08 Å². The van der Waals surface area contributed by atoms with Crippen LogP contribution in [0.25, 0.3) is 0 Å². The Morgan fingerprint density at radius 1 is 0.520 bits per heavy atom. The first-order valence-electron chi connectivity index (χ1n) is 20.3. The van der Waals surface area contributed by atoms with Crippen LogP contribution in [0.3, 0.4) is 0 Å². The molecule has 0 aliphatic heterocycles. The number of unbranched alkanes of at least 4 members (excludes halogenated alkanes) is 21. The molecule has 0 saturated carbocycles. The Labute approximate surface area is 306 Å². The fourth-order valence-electron chi connectivity index (χ4n) is 5.58. The van der Waals surface area contributed by atoms with Gasteiger partial charge >= 0.3 is 19.8 Å². The van der Waals surface area contributed by atoms with Gasteiger partial charge in [-0.2, -0.15) is 0 Å². The summed E-state index contributed by atoms with van der Waals surface area (Å²) in [4.78, 5) is 42.7. The second-order valence-electron chi connectivity index (χ2n) is 13.6. The Morgan fingerprint density at radius 3 is 1.40 bits per heavy atom. The van der Waals surface area contributed by atoms with Gasteiger partial charge in [-0.25, -0.2) is 4.57 Å². The number of phosphoric ester groups is 1. The van der Waals surface area contributed by atoms with Crippen molar-refractivity contribution >= 4 is 19.8 Å². The maximum Gasteiger partial charge on any atom is 0.469 e. The van der Waals surface area contributed by atoms with Gasteiger partial charge in [0, 0.05) is 12.8 Å². The lowest BCUT2D eigenvalue weighted by molar-refractivity contribution is -0.161. The maximum atomic E-state index is 12.4. The van der Waals surface area contributed by atoms with Crippen LogP contribution in [0.5, 0.6) is 0 Å². The molecular formula is C41H75O8P. The van der Waals surface area contributed by atoms with Gasteiger partial charge in [0.15, 0.2) is 6.10 Å². The SMILES string of the molecule is CCCCCCCCCC/C=C/CCCCCC(=O)OC[C@H](COP(=O)(O)O)OC(=O)CCC/C=C/C/C=C/CCCCCCCCCCC. The Morgan fingerprint density at radius 2 is 0.920 bits per heavy atom. The second kappa shape index (κ2) is 37.0. The first kappa shape index (κ1) is 48.3. The molecule has 0 aliphatic rings. The number of esters is 2. The Bertz CT molecular complexity index is 910. The van der Waals surface area contributed by atoms with Gasteiger partial charge in [0.05, 0.1) is 6.61 Å². The van der Waals surface area contributed by atoms with E-state index in [-0.39, 0.29) is 19.4 Å². The van der Waals surface area contributed by atoms with Crippen molar-refractivity contribution in [3.8, 4) is 0 Å². The molecule has 0 spiro atoms. The zero-order valence-corrected chi connectivity index (χ0v) is 32.9. The van der Waals surface area contributed by atoms with Crippen LogP contribution in [0.4, 0.5) is 0 Å². The van der Waals surface area contributed by atoms with Crippen LogP contribution < -0.4 is 0 Å². The van der Waals surface area contributed by atoms with Crippen molar-refractivity contribution in [1.82, 2.24) is 0 Å². The van der Waals surface area contributed by atoms with E-state index in [0.717, 1.165) is 44.9 Å². The van der Waals surface area contributed by atoms with Crippen molar-refractivity contribution < 1.29 is 37.9 Å². The lowest BCUT2D eigenvalue weighted by Crippen LogP contribution is -2.29. The van der Waals surface area contributed by atoms with E-state index >= 15 is 0 Å². The summed E-state index contributed by atoms with van der Waals surface area (Å²) >= 11 is 0. The number of carbonyl (C=O) groups is 2. The van der Waals surface area contributed by atoms with E-state index in [1.165, 1.54) is 109 Å². The number of allylic oxidation sites excluding steroid dienone is 6. The number of rotatable bonds is 37. The van der Waals surface area contributed by atoms with Crippen LogP contribution in [0, 0.1) is 0 Å². The summed E-state index contributed by atoms with van der Waals surface area (Å²) in [7, 11) is -4.76. The fraction of sp³-hybridized carbons (Fsp3) is 0.805. The lowest BCUT2D eigenvalue weighted by atomic mass is 10.1. The second-order valence-corrected chi connectivity index (χ2v) is 14.8. The summed E-state index contributed by atoms with van der Waals surface area (Å²) in [6, 6.07) is 0. The molecule has 0 amide bonds. The minimum absolute atomic E-state index is 0.146. The predicted octanol–water partition coefficient (Wildman–Crippen LogP) is 12.2. The predicted molar refractivity (Wildman–Crippen MR) is 207 cm³/mol. The summed E-state index contributed by atoms with van der Waals surface area (Å²) in [6.45, 7) is 3.64. The van der Waals surface area contributed by atoms with Crippen molar-refractivity contribution in [3.05, 3.63) is 36.5 Å². The van der Waals surface area contributed by atoms with Crippen LogP contribution >= 0.6 is 7.82 Å². The van der Waals surface area contributed by atoms with Crippen molar-refractivity contribution in [2.24, 2.45) is 0 Å². The average molecular weight is 727 g/mol. The van der Waals surface area contributed by atoms with E-state index in [0.29, 0.717) is 12.8 Å². The summed E-state index contributed by atoms with van der Waals surface area (Å²) in [5, 5.41) is 0. The molecule has 0 saturated heterocycles. The average Bonchev–Trinajstić information content (AvgIpc) is 3.08. The molecule has 0 aromatic carbocycles. The van der Waals surface area contributed by atoms with Gasteiger partial charge in [-0.15, -0.1) is 0 Å². The molecule has 9 heteroatoms. The third-order valence-corrected chi connectivity index (χ3v) is 9.12. The molecule has 0 fully saturated rings. The minimum Gasteiger partial charge on any atom is -0.462 e. The van der Waals surface area contributed by atoms with Gasteiger partial charge in [-0.1, -0.05) is 153 Å². The van der Waals surface area contributed by atoms with Crippen molar-refractivity contribution in [2.45, 2.75) is 200 Å². The van der Waals surface area contributed by atoms with Gasteiger partial charge in [0.25, 0.3) is 0 Å². The van der Waals surface area contributed by atoms with Gasteiger partial charge in [0.2, 0.25) is 0 Å². The smallest absolute Gasteiger partial charge is 0.462 e. The van der Waals surface area contributed by atoms with E-state index in [9.17, 15) is 14.2 Å². The molecular weight excluding hydrogens is 651 g/mol. The van der Waals surface area contributed by atoms with Gasteiger partial charge in [-0.05, 0) is 64.2 Å². The highest BCUT2D eigenvalue weighted by atomic mass is 31.2. The highest BCUT2D eigenvalue weighted by Gasteiger charge is 2.22. The Kier molecular flexibility index (Phi) is 35.8. The molecule has 1 atom stereocenters. The molecule has 0 rings (SSSR count). The summed E-state index contributed by atoms with van der Waals surface area (Å²) in [5.74, 6) is -0.954. The maximum absolute atomic E-state index is 12.4. The Balaban J connectivity index is 4.02. The largest absolute Gasteiger partial charge is 0.469 e. The van der Waals surface area contributed by atoms with Crippen molar-refractivity contribution in [1.29, 1.82) is 0 Å². The van der Waals surface area contributed by atoms with Crippen molar-refractivity contribution in [3.63, 3.8) is 0 Å². The van der Waals surface area contributed by atoms with Crippen LogP contribution in [-0.4, -0.2) is 41.0 Å². The van der Waals surface area contributed by atoms with Gasteiger partial charge in [0.1, 0.15) is 6.61 Å². The topological polar surface area (TPSA) is 119 Å². The normalized spacial score (nSPS) is 12.8. The number of hydrogen-bond acceptors (Lipinski definition) is 6. The first-order valence-corrected chi connectivity index (χ1v) is 21.8. The van der Waals surface area contributed by atoms with Crippen LogP contribution in [0.2, 0.25) is 0 Å². The van der Waals surface area contributed by atoms with Crippen LogP contribution in [-0.2, 0) is 28.2 Å². The van der Waals surface area contributed by atoms with E-state index in [1.54, 1.807) is 0 Å². The number of phosphoric acid groups is 1. The Hall–Kier alpha value is -1.73. The fourth-order valence-corrected chi connectivity index (χ4v) is 5.94. The van der Waals surface area contributed by atoms with Gasteiger partial charge in [-0.3, -0.25) is 14.1 Å². The van der Waals surface area contributed by atoms with Gasteiger partial charge < -0.3 is 19.3 Å². The van der Waals surface area contributed by atoms with Crippen LogP contribution in [0.15, 0.2) is 36.5 Å². The van der Waals surface area contributed by atoms with E-state index in [4.69, 9.17) is 19.3 Å². The zero-order valence-electron chi connectivity index (χ0n) is 32.0. The molecule has 0 unspecified atom stereocenters. The third-order valence-electron chi connectivity index (χ3n) is 8.63. The molecule has 0 heterocycles. The highest BCUT2D eigenvalue weighted by molar-refractivity contribution is 7.46. The number of carbonyl (C=O) groups excluding carboxylic acids is 2.